The van der Waals surface area contributed by atoms with Crippen molar-refractivity contribution in [2.75, 3.05) is 25.2 Å². The summed E-state index contributed by atoms with van der Waals surface area (Å²) in [6.07, 6.45) is 2.73. The van der Waals surface area contributed by atoms with Crippen molar-refractivity contribution in [3.8, 4) is 17.6 Å². The van der Waals surface area contributed by atoms with Gasteiger partial charge < -0.3 is 34.7 Å². The standard InChI is InChI=1S/C54H51N5O9/c1-66-30-31-67-52(64)58-42-25-20-34(26-29-53(65)27-12-2-3-13-28-53)32-39(42)54(51(58)63)44(49(61)55-33-43-56-40-18-10-11-19-41(40)57-43)46-50(62)68-47(36-16-8-5-9-17-36)45(35-14-6-4-7-15-35)59(46)48(54)37-21-23-38(60)24-22-37/h4-11,14-25,32,44-48,60,65H,2-3,12-13,27-28,30-31,33H2,1H3,(H,55,61)(H,56,57)/t44-,45-,46-,47+,48+,54-/m1/s1. The molecule has 4 heterocycles. The lowest BCUT2D eigenvalue weighted by Gasteiger charge is -2.46. The van der Waals surface area contributed by atoms with Crippen molar-refractivity contribution < 1.29 is 43.6 Å². The summed E-state index contributed by atoms with van der Waals surface area (Å²) >= 11 is 0. The number of aromatic amines is 1. The fourth-order valence-electron chi connectivity index (χ4n) is 10.9. The van der Waals surface area contributed by atoms with E-state index in [9.17, 15) is 15.0 Å². The van der Waals surface area contributed by atoms with E-state index < -0.39 is 65.0 Å². The highest BCUT2D eigenvalue weighted by Gasteiger charge is 2.75. The third-order valence-electron chi connectivity index (χ3n) is 13.9. The summed E-state index contributed by atoms with van der Waals surface area (Å²) in [6.45, 7) is -0.232. The number of carbonyl (C=O) groups is 4. The number of imide groups is 1. The Bertz CT molecular complexity index is 2890. The predicted octanol–water partition coefficient (Wildman–Crippen LogP) is 7.47. The molecule has 2 saturated heterocycles. The van der Waals surface area contributed by atoms with Crippen LogP contribution < -0.4 is 10.2 Å². The first-order valence-corrected chi connectivity index (χ1v) is 23.1. The Morgan fingerprint density at radius 3 is 2.24 bits per heavy atom. The maximum atomic E-state index is 16.4. The van der Waals surface area contributed by atoms with E-state index in [1.807, 2.05) is 89.8 Å². The molecule has 6 atom stereocenters. The Hall–Kier alpha value is -7.31. The monoisotopic (exact) mass is 913 g/mol. The fourth-order valence-corrected chi connectivity index (χ4v) is 10.9. The van der Waals surface area contributed by atoms with Crippen molar-refractivity contribution in [2.45, 2.75) is 80.3 Å². The first-order valence-electron chi connectivity index (χ1n) is 23.1. The number of carbonyl (C=O) groups excluding carboxylic acids is 4. The number of phenolic OH excluding ortho intramolecular Hbond substituents is 1. The van der Waals surface area contributed by atoms with Crippen molar-refractivity contribution in [3.63, 3.8) is 0 Å². The number of aromatic nitrogens is 2. The lowest BCUT2D eigenvalue weighted by atomic mass is 9.65. The van der Waals surface area contributed by atoms with Gasteiger partial charge in [0.2, 0.25) is 11.8 Å². The molecule has 1 aliphatic carbocycles. The van der Waals surface area contributed by atoms with Crippen LogP contribution >= 0.6 is 0 Å². The molecule has 0 bridgehead atoms. The van der Waals surface area contributed by atoms with Gasteiger partial charge in [-0.2, -0.15) is 0 Å². The molecule has 14 heteroatoms. The molecule has 4 aliphatic rings. The van der Waals surface area contributed by atoms with E-state index in [2.05, 4.69) is 27.1 Å². The minimum absolute atomic E-state index is 0.0483. The first-order chi connectivity index (χ1) is 33.1. The van der Waals surface area contributed by atoms with E-state index in [0.29, 0.717) is 40.9 Å². The van der Waals surface area contributed by atoms with Gasteiger partial charge in [0.1, 0.15) is 41.3 Å². The van der Waals surface area contributed by atoms with Gasteiger partial charge in [-0.1, -0.05) is 110 Å². The smallest absolute Gasteiger partial charge is 0.421 e. The van der Waals surface area contributed by atoms with Crippen LogP contribution in [0, 0.1) is 17.8 Å². The van der Waals surface area contributed by atoms with E-state index in [1.165, 1.54) is 19.2 Å². The summed E-state index contributed by atoms with van der Waals surface area (Å²) in [4.78, 5) is 72.8. The van der Waals surface area contributed by atoms with Gasteiger partial charge in [0.25, 0.3) is 0 Å². The number of ether oxygens (including phenoxy) is 3. The number of hydrogen-bond donors (Lipinski definition) is 4. The number of nitrogens with zero attached hydrogens (tertiary/aromatic N) is 3. The summed E-state index contributed by atoms with van der Waals surface area (Å²) in [5.74, 6) is 2.93. The van der Waals surface area contributed by atoms with Crippen LogP contribution in [0.3, 0.4) is 0 Å². The number of aliphatic hydroxyl groups is 1. The largest absolute Gasteiger partial charge is 0.508 e. The number of nitrogens with one attached hydrogen (secondary N) is 2. The molecule has 10 rings (SSSR count). The number of phenols is 1. The zero-order valence-corrected chi connectivity index (χ0v) is 37.5. The number of amides is 3. The molecule has 1 spiro atoms. The summed E-state index contributed by atoms with van der Waals surface area (Å²) < 4.78 is 17.4. The topological polar surface area (TPSA) is 184 Å². The summed E-state index contributed by atoms with van der Waals surface area (Å²) in [7, 11) is 1.46. The van der Waals surface area contributed by atoms with Crippen molar-refractivity contribution in [3.05, 3.63) is 161 Å². The number of imidazole rings is 1. The highest BCUT2D eigenvalue weighted by atomic mass is 16.6. The van der Waals surface area contributed by atoms with Crippen LogP contribution in [-0.2, 0) is 40.6 Å². The first kappa shape index (κ1) is 44.5. The molecule has 3 fully saturated rings. The summed E-state index contributed by atoms with van der Waals surface area (Å²) in [6, 6.07) is 34.1. The van der Waals surface area contributed by atoms with Crippen LogP contribution in [0.4, 0.5) is 10.5 Å². The number of para-hydroxylation sites is 2. The van der Waals surface area contributed by atoms with Crippen LogP contribution in [-0.4, -0.2) is 80.9 Å². The highest BCUT2D eigenvalue weighted by Crippen LogP contribution is 2.66. The van der Waals surface area contributed by atoms with Crippen LogP contribution in [0.5, 0.6) is 5.75 Å². The number of hydrogen-bond acceptors (Lipinski definition) is 11. The zero-order chi connectivity index (χ0) is 47.0. The number of anilines is 1. The molecule has 1 aromatic heterocycles. The van der Waals surface area contributed by atoms with Crippen LogP contribution in [0.25, 0.3) is 11.0 Å². The minimum Gasteiger partial charge on any atom is -0.508 e. The van der Waals surface area contributed by atoms with Crippen molar-refractivity contribution in [1.29, 1.82) is 0 Å². The number of rotatable bonds is 9. The average molecular weight is 914 g/mol. The number of esters is 1. The van der Waals surface area contributed by atoms with Gasteiger partial charge in [-0.05, 0) is 90.4 Å². The van der Waals surface area contributed by atoms with Gasteiger partial charge in [-0.3, -0.25) is 19.3 Å². The van der Waals surface area contributed by atoms with Crippen LogP contribution in [0.15, 0.2) is 127 Å². The molecular weight excluding hydrogens is 863 g/mol. The highest BCUT2D eigenvalue weighted by molar-refractivity contribution is 6.23. The molecule has 4 N–H and O–H groups in total. The van der Waals surface area contributed by atoms with E-state index in [4.69, 9.17) is 14.2 Å². The summed E-state index contributed by atoms with van der Waals surface area (Å²) in [5.41, 5.74) is 0.821. The number of H-pyrrole nitrogens is 1. The predicted molar refractivity (Wildman–Crippen MR) is 251 cm³/mol. The Morgan fingerprint density at radius 1 is 0.838 bits per heavy atom. The summed E-state index contributed by atoms with van der Waals surface area (Å²) in [5, 5.41) is 25.5. The van der Waals surface area contributed by atoms with E-state index in [0.717, 1.165) is 41.7 Å². The third-order valence-corrected chi connectivity index (χ3v) is 13.9. The van der Waals surface area contributed by atoms with Crippen LogP contribution in [0.2, 0.25) is 0 Å². The molecule has 6 aromatic rings. The quantitative estimate of drug-likeness (QED) is 0.0489. The second-order valence-electron chi connectivity index (χ2n) is 18.0. The maximum Gasteiger partial charge on any atom is 0.421 e. The normalized spacial score (nSPS) is 24.1. The molecule has 68 heavy (non-hydrogen) atoms. The second-order valence-corrected chi connectivity index (χ2v) is 18.0. The number of morpholine rings is 1. The second kappa shape index (κ2) is 18.4. The number of methoxy groups -OCH3 is 1. The zero-order valence-electron chi connectivity index (χ0n) is 37.5. The van der Waals surface area contributed by atoms with Gasteiger partial charge in [0.05, 0.1) is 47.9 Å². The SMILES string of the molecule is COCCOC(=O)N1C(=O)[C@@]2(c3cc(C#CC4(O)CCCCCC4)ccc31)[C@H](c1ccc(O)cc1)N1[C@H](c3ccccc3)[C@H](c3ccccc3)OC(=O)[C@H]1[C@@H]2C(=O)NCc1nc2ccccc2[nH]1. The minimum atomic E-state index is -2.08. The van der Waals surface area contributed by atoms with E-state index in [1.54, 1.807) is 30.3 Å². The number of fused-ring (bicyclic) bond motifs is 4. The molecule has 3 amide bonds. The number of aromatic hydroxyl groups is 1. The van der Waals surface area contributed by atoms with Crippen LogP contribution in [0.1, 0.15) is 90.4 Å². The third kappa shape index (κ3) is 7.86. The lowest BCUT2D eigenvalue weighted by Crippen LogP contribution is -2.55. The maximum absolute atomic E-state index is 16.4. The van der Waals surface area contributed by atoms with Crippen molar-refractivity contribution >= 4 is 40.6 Å². The van der Waals surface area contributed by atoms with Gasteiger partial charge in [0.15, 0.2) is 0 Å². The molecule has 0 unspecified atom stereocenters. The Kier molecular flexibility index (Phi) is 12.1. The fraction of sp³-hybridized carbons (Fsp3) is 0.315. The average Bonchev–Trinajstić information content (AvgIpc) is 3.94. The Balaban J connectivity index is 1.23. The lowest BCUT2D eigenvalue weighted by molar-refractivity contribution is -0.178. The Morgan fingerprint density at radius 2 is 1.53 bits per heavy atom. The van der Waals surface area contributed by atoms with Gasteiger partial charge >= 0.3 is 12.1 Å². The van der Waals surface area contributed by atoms with Gasteiger partial charge in [-0.15, -0.1) is 0 Å². The molecule has 5 aromatic carbocycles. The van der Waals surface area contributed by atoms with E-state index >= 15 is 14.4 Å². The van der Waals surface area contributed by atoms with Crippen molar-refractivity contribution in [1.82, 2.24) is 20.2 Å². The number of benzene rings is 5. The number of cyclic esters (lactones) is 1. The molecular formula is C54H51N5O9. The molecule has 14 nitrogen and oxygen atoms in total. The molecule has 346 valence electrons. The molecule has 0 radical (unpaired) electrons. The van der Waals surface area contributed by atoms with Gasteiger partial charge in [0, 0.05) is 12.7 Å². The molecule has 1 saturated carbocycles. The molecule has 3 aliphatic heterocycles. The van der Waals surface area contributed by atoms with Gasteiger partial charge in [-0.25, -0.2) is 14.7 Å². The Labute approximate surface area is 393 Å². The van der Waals surface area contributed by atoms with Crippen molar-refractivity contribution in [2.24, 2.45) is 5.92 Å². The van der Waals surface area contributed by atoms with E-state index in [-0.39, 0.29) is 36.8 Å².